The number of hydrogen-bond acceptors (Lipinski definition) is 5. The predicted molar refractivity (Wildman–Crippen MR) is 63.4 cm³/mol. The smallest absolute Gasteiger partial charge is 0.185 e. The fraction of sp³-hybridized carbons (Fsp3) is 0.400. The molecule has 1 aromatic rings. The summed E-state index contributed by atoms with van der Waals surface area (Å²) in [6.45, 7) is 1.41. The molecule has 6 heteroatoms. The summed E-state index contributed by atoms with van der Waals surface area (Å²) in [5, 5.41) is 19.5. The molecule has 0 amide bonds. The highest BCUT2D eigenvalue weighted by molar-refractivity contribution is 8.13. The fourth-order valence-electron chi connectivity index (χ4n) is 1.12. The summed E-state index contributed by atoms with van der Waals surface area (Å²) in [4.78, 5) is 14.5. The van der Waals surface area contributed by atoms with Gasteiger partial charge in [-0.3, -0.25) is 4.79 Å². The van der Waals surface area contributed by atoms with Crippen LogP contribution in [0.2, 0.25) is 5.15 Å². The van der Waals surface area contributed by atoms with Gasteiger partial charge in [0.25, 0.3) is 0 Å². The largest absolute Gasteiger partial charge is 0.389 e. The van der Waals surface area contributed by atoms with E-state index in [-0.39, 0.29) is 16.0 Å². The van der Waals surface area contributed by atoms with Gasteiger partial charge in [0.15, 0.2) is 5.12 Å². The van der Waals surface area contributed by atoms with E-state index in [9.17, 15) is 15.0 Å². The van der Waals surface area contributed by atoms with Gasteiger partial charge in [-0.25, -0.2) is 4.98 Å². The fourth-order valence-corrected chi connectivity index (χ4v) is 1.89. The van der Waals surface area contributed by atoms with Crippen molar-refractivity contribution in [2.75, 3.05) is 5.75 Å². The van der Waals surface area contributed by atoms with Gasteiger partial charge in [0, 0.05) is 18.9 Å². The summed E-state index contributed by atoms with van der Waals surface area (Å²) in [7, 11) is 0. The average Bonchev–Trinajstić information content (AvgIpc) is 2.24. The summed E-state index contributed by atoms with van der Waals surface area (Å²) in [6.07, 6.45) is -0.620. The summed E-state index contributed by atoms with van der Waals surface area (Å²) in [6, 6.07) is 3.05. The van der Waals surface area contributed by atoms with Crippen molar-refractivity contribution in [2.24, 2.45) is 0 Å². The van der Waals surface area contributed by atoms with E-state index in [1.165, 1.54) is 19.2 Å². The molecule has 16 heavy (non-hydrogen) atoms. The van der Waals surface area contributed by atoms with Gasteiger partial charge in [-0.15, -0.1) is 0 Å². The molecule has 0 fully saturated rings. The molecule has 0 bridgehead atoms. The number of carbonyl (C=O) groups is 1. The van der Waals surface area contributed by atoms with Crippen LogP contribution in [0.4, 0.5) is 0 Å². The summed E-state index contributed by atoms with van der Waals surface area (Å²) < 4.78 is 0. The van der Waals surface area contributed by atoms with Crippen molar-refractivity contribution >= 4 is 28.5 Å². The molecule has 0 aliphatic rings. The quantitative estimate of drug-likeness (QED) is 0.802. The molecule has 2 unspecified atom stereocenters. The van der Waals surface area contributed by atoms with E-state index >= 15 is 0 Å². The van der Waals surface area contributed by atoms with Crippen molar-refractivity contribution < 1.29 is 15.0 Å². The first kappa shape index (κ1) is 13.4. The Kier molecular flexibility index (Phi) is 5.21. The third-order valence-electron chi connectivity index (χ3n) is 1.91. The van der Waals surface area contributed by atoms with Gasteiger partial charge in [-0.1, -0.05) is 23.4 Å². The van der Waals surface area contributed by atoms with Gasteiger partial charge < -0.3 is 10.2 Å². The number of pyridine rings is 1. The van der Waals surface area contributed by atoms with Crippen molar-refractivity contribution in [2.45, 2.75) is 19.1 Å². The predicted octanol–water partition coefficient (Wildman–Crippen LogP) is 1.41. The van der Waals surface area contributed by atoms with E-state index in [0.717, 1.165) is 11.8 Å². The Bertz CT molecular complexity index is 375. The van der Waals surface area contributed by atoms with Crippen molar-refractivity contribution in [1.29, 1.82) is 0 Å². The maximum absolute atomic E-state index is 10.7. The Hall–Kier alpha value is -0.620. The Morgan fingerprint density at radius 3 is 2.88 bits per heavy atom. The van der Waals surface area contributed by atoms with Crippen molar-refractivity contribution in [1.82, 2.24) is 4.98 Å². The molecule has 4 nitrogen and oxygen atoms in total. The lowest BCUT2D eigenvalue weighted by Crippen LogP contribution is -2.21. The van der Waals surface area contributed by atoms with Crippen LogP contribution in [0, 0.1) is 0 Å². The Balaban J connectivity index is 2.62. The molecule has 1 aromatic heterocycles. The number of carbonyl (C=O) groups excluding carboxylic acids is 1. The van der Waals surface area contributed by atoms with E-state index in [0.29, 0.717) is 5.56 Å². The van der Waals surface area contributed by atoms with Gasteiger partial charge in [0.1, 0.15) is 11.3 Å². The lowest BCUT2D eigenvalue weighted by atomic mass is 10.1. The molecule has 1 rings (SSSR count). The van der Waals surface area contributed by atoms with Gasteiger partial charge in [0.2, 0.25) is 0 Å². The number of hydrogen-bond donors (Lipinski definition) is 2. The first-order valence-electron chi connectivity index (χ1n) is 4.61. The number of nitrogens with zero attached hydrogens (tertiary/aromatic N) is 1. The highest BCUT2D eigenvalue weighted by Gasteiger charge is 2.19. The first-order chi connectivity index (χ1) is 7.50. The summed E-state index contributed by atoms with van der Waals surface area (Å²) >= 11 is 6.63. The minimum Gasteiger partial charge on any atom is -0.389 e. The Labute approximate surface area is 103 Å². The highest BCUT2D eigenvalue weighted by Crippen LogP contribution is 2.21. The molecule has 0 aromatic carbocycles. The zero-order valence-electron chi connectivity index (χ0n) is 8.63. The molecule has 2 N–H and O–H groups in total. The number of rotatable bonds is 4. The van der Waals surface area contributed by atoms with Crippen LogP contribution in [0.25, 0.3) is 0 Å². The third-order valence-corrected chi connectivity index (χ3v) is 3.04. The molecule has 1 heterocycles. The molecular weight excluding hydrogens is 250 g/mol. The summed E-state index contributed by atoms with van der Waals surface area (Å²) in [5.41, 5.74) is 0.483. The SMILES string of the molecule is CC(=O)SCC(O)C(O)c1ccnc(Cl)c1. The van der Waals surface area contributed by atoms with Crippen molar-refractivity contribution in [3.63, 3.8) is 0 Å². The molecule has 0 radical (unpaired) electrons. The van der Waals surface area contributed by atoms with E-state index in [2.05, 4.69) is 4.98 Å². The van der Waals surface area contributed by atoms with E-state index in [1.54, 1.807) is 6.07 Å². The maximum atomic E-state index is 10.7. The van der Waals surface area contributed by atoms with Gasteiger partial charge >= 0.3 is 0 Å². The topological polar surface area (TPSA) is 70.4 Å². The van der Waals surface area contributed by atoms with Crippen molar-refractivity contribution in [3.8, 4) is 0 Å². The normalized spacial score (nSPS) is 14.5. The van der Waals surface area contributed by atoms with E-state index < -0.39 is 12.2 Å². The lowest BCUT2D eigenvalue weighted by Gasteiger charge is -2.17. The number of aliphatic hydroxyl groups is 2. The van der Waals surface area contributed by atoms with Crippen LogP contribution in [0.1, 0.15) is 18.6 Å². The number of aromatic nitrogens is 1. The van der Waals surface area contributed by atoms with Crippen LogP contribution >= 0.6 is 23.4 Å². The second-order valence-electron chi connectivity index (χ2n) is 3.23. The average molecular weight is 262 g/mol. The minimum atomic E-state index is -1.06. The van der Waals surface area contributed by atoms with Crippen molar-refractivity contribution in [3.05, 3.63) is 29.0 Å². The monoisotopic (exact) mass is 261 g/mol. The van der Waals surface area contributed by atoms with Crippen LogP contribution in [-0.2, 0) is 4.79 Å². The Morgan fingerprint density at radius 2 is 2.31 bits per heavy atom. The highest BCUT2D eigenvalue weighted by atomic mass is 35.5. The molecule has 0 spiro atoms. The molecular formula is C10H12ClNO3S. The minimum absolute atomic E-state index is 0.0981. The molecule has 0 saturated carbocycles. The molecule has 0 aliphatic carbocycles. The van der Waals surface area contributed by atoms with Crippen LogP contribution < -0.4 is 0 Å². The van der Waals surface area contributed by atoms with Crippen LogP contribution in [-0.4, -0.2) is 32.2 Å². The summed E-state index contributed by atoms with van der Waals surface area (Å²) in [5.74, 6) is 0.149. The number of thioether (sulfide) groups is 1. The van der Waals surface area contributed by atoms with E-state index in [1.807, 2.05) is 0 Å². The molecule has 0 aliphatic heterocycles. The maximum Gasteiger partial charge on any atom is 0.185 e. The second-order valence-corrected chi connectivity index (χ2v) is 4.81. The van der Waals surface area contributed by atoms with E-state index in [4.69, 9.17) is 11.6 Å². The number of aliphatic hydroxyl groups excluding tert-OH is 2. The zero-order valence-corrected chi connectivity index (χ0v) is 10.2. The van der Waals surface area contributed by atoms with Crippen LogP contribution in [0.15, 0.2) is 18.3 Å². The second kappa shape index (κ2) is 6.20. The molecule has 88 valence electrons. The molecule has 2 atom stereocenters. The Morgan fingerprint density at radius 1 is 1.62 bits per heavy atom. The standard InChI is InChI=1S/C10H12ClNO3S/c1-6(13)16-5-8(14)10(15)7-2-3-12-9(11)4-7/h2-4,8,10,14-15H,5H2,1H3. The van der Waals surface area contributed by atoms with Crippen LogP contribution in [0.3, 0.4) is 0 Å². The van der Waals surface area contributed by atoms with Gasteiger partial charge in [0.05, 0.1) is 6.10 Å². The first-order valence-corrected chi connectivity index (χ1v) is 5.98. The molecule has 0 saturated heterocycles. The van der Waals surface area contributed by atoms with Gasteiger partial charge in [-0.05, 0) is 17.7 Å². The third kappa shape index (κ3) is 4.09. The zero-order chi connectivity index (χ0) is 12.1. The lowest BCUT2D eigenvalue weighted by molar-refractivity contribution is -0.109. The van der Waals surface area contributed by atoms with Crippen LogP contribution in [0.5, 0.6) is 0 Å². The number of halogens is 1. The van der Waals surface area contributed by atoms with Gasteiger partial charge in [-0.2, -0.15) is 0 Å².